The van der Waals surface area contributed by atoms with E-state index in [1.165, 1.54) is 4.90 Å². The van der Waals surface area contributed by atoms with E-state index in [1.807, 2.05) is 56.0 Å². The molecule has 0 atom stereocenters. The second-order valence-corrected chi connectivity index (χ2v) is 9.59. The van der Waals surface area contributed by atoms with E-state index >= 15 is 0 Å². The van der Waals surface area contributed by atoms with Crippen LogP contribution in [0.2, 0.25) is 0 Å². The summed E-state index contributed by atoms with van der Waals surface area (Å²) >= 11 is 0. The van der Waals surface area contributed by atoms with Gasteiger partial charge in [-0.2, -0.15) is 0 Å². The van der Waals surface area contributed by atoms with Crippen LogP contribution in [0.15, 0.2) is 67.3 Å². The fourth-order valence-electron chi connectivity index (χ4n) is 3.84. The Hall–Kier alpha value is -3.81. The molecule has 3 rings (SSSR count). The molecule has 2 aromatic rings. The molecule has 0 aliphatic carbocycles. The predicted molar refractivity (Wildman–Crippen MR) is 140 cm³/mol. The van der Waals surface area contributed by atoms with Gasteiger partial charge in [0.05, 0.1) is 0 Å². The van der Waals surface area contributed by atoms with Crippen LogP contribution >= 0.6 is 0 Å². The molecule has 0 saturated carbocycles. The van der Waals surface area contributed by atoms with Gasteiger partial charge in [-0.05, 0) is 57.2 Å². The lowest BCUT2D eigenvalue weighted by atomic mass is 10.1. The molecule has 35 heavy (non-hydrogen) atoms. The molecule has 1 fully saturated rings. The molecule has 1 aliphatic heterocycles. The SMILES string of the molecule is C=CCN(CC(=O)Nc1ccc(N2CCN(C(=O)NC(C)(C)C)CC2)cc1)C(=O)c1ccccc1. The first-order chi connectivity index (χ1) is 16.7. The molecule has 2 aromatic carbocycles. The summed E-state index contributed by atoms with van der Waals surface area (Å²) in [5, 5.41) is 5.87. The molecular weight excluding hydrogens is 442 g/mol. The van der Waals surface area contributed by atoms with E-state index in [1.54, 1.807) is 30.3 Å². The summed E-state index contributed by atoms with van der Waals surface area (Å²) in [5.74, 6) is -0.492. The molecule has 1 heterocycles. The lowest BCUT2D eigenvalue weighted by Gasteiger charge is -2.37. The summed E-state index contributed by atoms with van der Waals surface area (Å²) in [5.41, 5.74) is 1.97. The minimum absolute atomic E-state index is 0.0357. The quantitative estimate of drug-likeness (QED) is 0.597. The number of piperazine rings is 1. The lowest BCUT2D eigenvalue weighted by molar-refractivity contribution is -0.116. The Morgan fingerprint density at radius 2 is 1.60 bits per heavy atom. The molecule has 1 aliphatic rings. The zero-order valence-electron chi connectivity index (χ0n) is 20.8. The molecule has 0 bridgehead atoms. The van der Waals surface area contributed by atoms with E-state index in [0.717, 1.165) is 18.8 Å². The summed E-state index contributed by atoms with van der Waals surface area (Å²) in [6, 6.07) is 16.5. The van der Waals surface area contributed by atoms with Crippen molar-refractivity contribution in [3.05, 3.63) is 72.8 Å². The first-order valence-electron chi connectivity index (χ1n) is 11.8. The lowest BCUT2D eigenvalue weighted by Crippen LogP contribution is -2.55. The first-order valence-corrected chi connectivity index (χ1v) is 11.8. The second kappa shape index (κ2) is 11.6. The molecule has 8 nitrogen and oxygen atoms in total. The first kappa shape index (κ1) is 25.8. The summed E-state index contributed by atoms with van der Waals surface area (Å²) in [7, 11) is 0. The smallest absolute Gasteiger partial charge is 0.317 e. The van der Waals surface area contributed by atoms with Crippen molar-refractivity contribution in [1.82, 2.24) is 15.1 Å². The number of carbonyl (C=O) groups excluding carboxylic acids is 3. The maximum atomic E-state index is 12.7. The molecular formula is C27H35N5O3. The maximum Gasteiger partial charge on any atom is 0.317 e. The molecule has 0 unspecified atom stereocenters. The number of rotatable bonds is 7. The van der Waals surface area contributed by atoms with Crippen LogP contribution in [0.5, 0.6) is 0 Å². The van der Waals surface area contributed by atoms with Crippen molar-refractivity contribution in [3.8, 4) is 0 Å². The minimum atomic E-state index is -0.276. The zero-order valence-corrected chi connectivity index (χ0v) is 20.8. The number of benzene rings is 2. The number of amides is 4. The van der Waals surface area contributed by atoms with Gasteiger partial charge in [0.15, 0.2) is 0 Å². The summed E-state index contributed by atoms with van der Waals surface area (Å²) in [4.78, 5) is 43.3. The van der Waals surface area contributed by atoms with Crippen molar-refractivity contribution in [2.75, 3.05) is 49.5 Å². The van der Waals surface area contributed by atoms with E-state index in [2.05, 4.69) is 22.1 Å². The highest BCUT2D eigenvalue weighted by atomic mass is 16.2. The van der Waals surface area contributed by atoms with E-state index in [9.17, 15) is 14.4 Å². The Kier molecular flexibility index (Phi) is 8.52. The van der Waals surface area contributed by atoms with Gasteiger partial charge in [0.25, 0.3) is 5.91 Å². The van der Waals surface area contributed by atoms with Crippen LogP contribution in [-0.2, 0) is 4.79 Å². The van der Waals surface area contributed by atoms with Gasteiger partial charge in [-0.15, -0.1) is 6.58 Å². The Balaban J connectivity index is 1.52. The topological polar surface area (TPSA) is 85.0 Å². The van der Waals surface area contributed by atoms with Gasteiger partial charge in [-0.3, -0.25) is 9.59 Å². The minimum Gasteiger partial charge on any atom is -0.368 e. The van der Waals surface area contributed by atoms with Crippen LogP contribution in [0, 0.1) is 0 Å². The van der Waals surface area contributed by atoms with Crippen molar-refractivity contribution in [2.24, 2.45) is 0 Å². The van der Waals surface area contributed by atoms with E-state index in [0.29, 0.717) is 24.3 Å². The van der Waals surface area contributed by atoms with Crippen molar-refractivity contribution in [1.29, 1.82) is 0 Å². The highest BCUT2D eigenvalue weighted by Gasteiger charge is 2.24. The van der Waals surface area contributed by atoms with Gasteiger partial charge in [0.1, 0.15) is 6.54 Å². The van der Waals surface area contributed by atoms with Gasteiger partial charge in [0, 0.05) is 55.2 Å². The number of nitrogens with zero attached hydrogens (tertiary/aromatic N) is 3. The average molecular weight is 478 g/mol. The zero-order chi connectivity index (χ0) is 25.4. The Morgan fingerprint density at radius 1 is 0.971 bits per heavy atom. The fraction of sp³-hybridized carbons (Fsp3) is 0.370. The van der Waals surface area contributed by atoms with E-state index < -0.39 is 0 Å². The van der Waals surface area contributed by atoms with Crippen LogP contribution in [-0.4, -0.2) is 72.5 Å². The maximum absolute atomic E-state index is 12.7. The average Bonchev–Trinajstić information content (AvgIpc) is 2.83. The Bertz CT molecular complexity index is 1020. The van der Waals surface area contributed by atoms with Crippen LogP contribution in [0.25, 0.3) is 0 Å². The van der Waals surface area contributed by atoms with Gasteiger partial charge in [-0.1, -0.05) is 24.3 Å². The van der Waals surface area contributed by atoms with Crippen LogP contribution in [0.4, 0.5) is 16.2 Å². The largest absolute Gasteiger partial charge is 0.368 e. The van der Waals surface area contributed by atoms with Crippen LogP contribution < -0.4 is 15.5 Å². The van der Waals surface area contributed by atoms with E-state index in [-0.39, 0.29) is 36.5 Å². The van der Waals surface area contributed by atoms with Crippen molar-refractivity contribution in [3.63, 3.8) is 0 Å². The fourth-order valence-corrected chi connectivity index (χ4v) is 3.84. The van der Waals surface area contributed by atoms with Crippen molar-refractivity contribution >= 4 is 29.2 Å². The molecule has 8 heteroatoms. The van der Waals surface area contributed by atoms with Gasteiger partial charge < -0.3 is 25.3 Å². The monoisotopic (exact) mass is 477 g/mol. The summed E-state index contributed by atoms with van der Waals surface area (Å²) in [6.07, 6.45) is 1.61. The second-order valence-electron chi connectivity index (χ2n) is 9.59. The van der Waals surface area contributed by atoms with Crippen LogP contribution in [0.3, 0.4) is 0 Å². The van der Waals surface area contributed by atoms with Gasteiger partial charge in [-0.25, -0.2) is 4.79 Å². The standard InChI is InChI=1S/C27H35N5O3/c1-5-15-32(25(34)21-9-7-6-8-10-21)20-24(33)28-22-11-13-23(14-12-22)30-16-18-31(19-17-30)26(35)29-27(2,3)4/h5-14H,1,15-20H2,2-4H3,(H,28,33)(H,29,35). The number of hydrogen-bond acceptors (Lipinski definition) is 4. The number of anilines is 2. The molecule has 2 N–H and O–H groups in total. The summed E-state index contributed by atoms with van der Waals surface area (Å²) < 4.78 is 0. The molecule has 186 valence electrons. The van der Waals surface area contributed by atoms with Crippen LogP contribution in [0.1, 0.15) is 31.1 Å². The van der Waals surface area contributed by atoms with Gasteiger partial charge in [0.2, 0.25) is 5.91 Å². The molecule has 4 amide bonds. The Morgan fingerprint density at radius 3 is 2.17 bits per heavy atom. The molecule has 0 radical (unpaired) electrons. The predicted octanol–water partition coefficient (Wildman–Crippen LogP) is 3.58. The third-order valence-electron chi connectivity index (χ3n) is 5.56. The number of urea groups is 1. The normalized spacial score (nSPS) is 13.7. The highest BCUT2D eigenvalue weighted by Crippen LogP contribution is 2.20. The number of carbonyl (C=O) groups is 3. The molecule has 0 spiro atoms. The van der Waals surface area contributed by atoms with Gasteiger partial charge >= 0.3 is 6.03 Å². The van der Waals surface area contributed by atoms with Crippen molar-refractivity contribution < 1.29 is 14.4 Å². The highest BCUT2D eigenvalue weighted by molar-refractivity contribution is 5.99. The molecule has 0 aromatic heterocycles. The van der Waals surface area contributed by atoms with Crippen molar-refractivity contribution in [2.45, 2.75) is 26.3 Å². The number of nitrogens with one attached hydrogen (secondary N) is 2. The Labute approximate surface area is 207 Å². The number of hydrogen-bond donors (Lipinski definition) is 2. The van der Waals surface area contributed by atoms with E-state index in [4.69, 9.17) is 0 Å². The third kappa shape index (κ3) is 7.60. The third-order valence-corrected chi connectivity index (χ3v) is 5.56. The summed E-state index contributed by atoms with van der Waals surface area (Å²) in [6.45, 7) is 12.6. The molecule has 1 saturated heterocycles.